The van der Waals surface area contributed by atoms with Crippen LogP contribution in [-0.4, -0.2) is 27.9 Å². The van der Waals surface area contributed by atoms with Crippen LogP contribution in [0.3, 0.4) is 0 Å². The third kappa shape index (κ3) is 2.84. The summed E-state index contributed by atoms with van der Waals surface area (Å²) in [6.45, 7) is 8.99. The number of fused-ring (bicyclic) bond motifs is 3. The smallest absolute Gasteiger partial charge is 0.312 e. The predicted molar refractivity (Wildman–Crippen MR) is 96.0 cm³/mol. The van der Waals surface area contributed by atoms with Crippen LogP contribution < -0.4 is 0 Å². The summed E-state index contributed by atoms with van der Waals surface area (Å²) < 4.78 is 18.3. The average Bonchev–Trinajstić information content (AvgIpc) is 2.53. The van der Waals surface area contributed by atoms with Gasteiger partial charge >= 0.3 is 5.97 Å². The second-order valence-corrected chi connectivity index (χ2v) is 13.2. The highest BCUT2D eigenvalue weighted by Gasteiger charge is 2.57. The highest BCUT2D eigenvalue weighted by atomic mass is 28.3. The van der Waals surface area contributed by atoms with Crippen LogP contribution in [-0.2, 0) is 20.2 Å². The standard InChI is InChI=1S/C20H26O3Si/c1-24(2,3)12-11-16-7-9-18(10-8-16)20-21-13-19(14-22-20,15-23-20)17-5-4-6-17/h7-10,17H,4-6,13-15H2,1-3H3. The third-order valence-electron chi connectivity index (χ3n) is 5.44. The zero-order valence-corrected chi connectivity index (χ0v) is 15.9. The molecule has 0 N–H and O–H groups in total. The molecular weight excluding hydrogens is 316 g/mol. The Hall–Kier alpha value is -1.12. The van der Waals surface area contributed by atoms with Gasteiger partial charge in [-0.3, -0.25) is 0 Å². The summed E-state index contributed by atoms with van der Waals surface area (Å²) in [5, 5.41) is 0. The third-order valence-corrected chi connectivity index (χ3v) is 6.32. The van der Waals surface area contributed by atoms with E-state index in [1.165, 1.54) is 19.3 Å². The van der Waals surface area contributed by atoms with Crippen LogP contribution in [0.4, 0.5) is 0 Å². The van der Waals surface area contributed by atoms with Crippen LogP contribution in [0.25, 0.3) is 0 Å². The summed E-state index contributed by atoms with van der Waals surface area (Å²) in [4.78, 5) is 0. The van der Waals surface area contributed by atoms with Crippen molar-refractivity contribution in [1.82, 2.24) is 0 Å². The molecule has 4 heteroatoms. The lowest BCUT2D eigenvalue weighted by Gasteiger charge is -2.56. The molecule has 5 rings (SSSR count). The second kappa shape index (κ2) is 5.71. The van der Waals surface area contributed by atoms with Crippen LogP contribution in [0.15, 0.2) is 24.3 Å². The van der Waals surface area contributed by atoms with E-state index in [1.54, 1.807) is 0 Å². The summed E-state index contributed by atoms with van der Waals surface area (Å²) in [5.41, 5.74) is 5.45. The van der Waals surface area contributed by atoms with Crippen LogP contribution in [0, 0.1) is 22.8 Å². The quantitative estimate of drug-likeness (QED) is 0.603. The van der Waals surface area contributed by atoms with Gasteiger partial charge in [0.1, 0.15) is 8.07 Å². The minimum absolute atomic E-state index is 0.0861. The fraction of sp³-hybridized carbons (Fsp3) is 0.600. The molecular formula is C20H26O3Si. The molecule has 3 saturated heterocycles. The Balaban J connectivity index is 1.50. The minimum Gasteiger partial charge on any atom is -0.323 e. The largest absolute Gasteiger partial charge is 0.323 e. The molecule has 4 aliphatic rings. The molecule has 1 aromatic carbocycles. The van der Waals surface area contributed by atoms with E-state index in [2.05, 4.69) is 31.1 Å². The molecule has 3 heterocycles. The summed E-state index contributed by atoms with van der Waals surface area (Å²) in [6.07, 6.45) is 3.90. The Kier molecular flexibility index (Phi) is 3.89. The first-order valence-corrected chi connectivity index (χ1v) is 12.5. The molecule has 1 saturated carbocycles. The number of rotatable bonds is 2. The van der Waals surface area contributed by atoms with Crippen molar-refractivity contribution in [3.05, 3.63) is 35.4 Å². The highest BCUT2D eigenvalue weighted by Crippen LogP contribution is 2.52. The second-order valence-electron chi connectivity index (χ2n) is 8.49. The first-order chi connectivity index (χ1) is 11.4. The maximum atomic E-state index is 6.09. The van der Waals surface area contributed by atoms with Gasteiger partial charge in [0.25, 0.3) is 0 Å². The Morgan fingerprint density at radius 1 is 0.958 bits per heavy atom. The first kappa shape index (κ1) is 16.4. The molecule has 0 amide bonds. The fourth-order valence-electron chi connectivity index (χ4n) is 3.61. The van der Waals surface area contributed by atoms with E-state index in [-0.39, 0.29) is 5.41 Å². The predicted octanol–water partition coefficient (Wildman–Crippen LogP) is 3.89. The van der Waals surface area contributed by atoms with Crippen molar-refractivity contribution < 1.29 is 14.2 Å². The van der Waals surface area contributed by atoms with Crippen LogP contribution in [0.5, 0.6) is 0 Å². The molecule has 0 radical (unpaired) electrons. The Morgan fingerprint density at radius 2 is 1.54 bits per heavy atom. The summed E-state index contributed by atoms with van der Waals surface area (Å²) in [7, 11) is -1.35. The molecule has 24 heavy (non-hydrogen) atoms. The van der Waals surface area contributed by atoms with E-state index in [4.69, 9.17) is 14.2 Å². The number of hydrogen-bond acceptors (Lipinski definition) is 3. The van der Waals surface area contributed by atoms with E-state index in [0.717, 1.165) is 30.9 Å². The van der Waals surface area contributed by atoms with Gasteiger partial charge in [-0.2, -0.15) is 0 Å². The van der Waals surface area contributed by atoms with Crippen molar-refractivity contribution in [2.75, 3.05) is 19.8 Å². The maximum Gasteiger partial charge on any atom is 0.312 e. The topological polar surface area (TPSA) is 27.7 Å². The monoisotopic (exact) mass is 342 g/mol. The van der Waals surface area contributed by atoms with Gasteiger partial charge in [-0.05, 0) is 43.0 Å². The molecule has 0 unspecified atom stereocenters. The van der Waals surface area contributed by atoms with Gasteiger partial charge < -0.3 is 14.2 Å². The molecule has 3 aliphatic heterocycles. The van der Waals surface area contributed by atoms with Crippen molar-refractivity contribution in [3.63, 3.8) is 0 Å². The average molecular weight is 343 g/mol. The van der Waals surface area contributed by atoms with E-state index in [9.17, 15) is 0 Å². The van der Waals surface area contributed by atoms with Crippen LogP contribution in [0.1, 0.15) is 30.4 Å². The Labute approximate surface area is 145 Å². The van der Waals surface area contributed by atoms with Crippen LogP contribution in [0.2, 0.25) is 19.6 Å². The summed E-state index contributed by atoms with van der Waals surface area (Å²) >= 11 is 0. The van der Waals surface area contributed by atoms with Gasteiger partial charge in [0.2, 0.25) is 0 Å². The number of hydrogen-bond donors (Lipinski definition) is 0. The molecule has 2 bridgehead atoms. The van der Waals surface area contributed by atoms with Crippen molar-refractivity contribution in [2.24, 2.45) is 11.3 Å². The lowest BCUT2D eigenvalue weighted by molar-refractivity contribution is -0.487. The van der Waals surface area contributed by atoms with Gasteiger partial charge in [0, 0.05) is 16.5 Å². The normalized spacial score (nSPS) is 32.8. The highest BCUT2D eigenvalue weighted by molar-refractivity contribution is 6.83. The van der Waals surface area contributed by atoms with E-state index < -0.39 is 14.0 Å². The molecule has 4 fully saturated rings. The van der Waals surface area contributed by atoms with Gasteiger partial charge in [-0.1, -0.05) is 32.0 Å². The minimum atomic E-state index is -1.35. The van der Waals surface area contributed by atoms with Gasteiger partial charge in [0.05, 0.1) is 19.8 Å². The number of ether oxygens (including phenoxy) is 3. The maximum absolute atomic E-state index is 6.09. The Bertz CT molecular complexity index is 649. The van der Waals surface area contributed by atoms with Crippen molar-refractivity contribution in [2.45, 2.75) is 44.9 Å². The van der Waals surface area contributed by atoms with Crippen molar-refractivity contribution in [1.29, 1.82) is 0 Å². The molecule has 128 valence electrons. The van der Waals surface area contributed by atoms with Crippen LogP contribution >= 0.6 is 0 Å². The lowest BCUT2D eigenvalue weighted by Crippen LogP contribution is -2.61. The van der Waals surface area contributed by atoms with E-state index in [0.29, 0.717) is 5.92 Å². The van der Waals surface area contributed by atoms with E-state index in [1.807, 2.05) is 24.3 Å². The molecule has 0 spiro atoms. The van der Waals surface area contributed by atoms with Gasteiger partial charge in [-0.15, -0.1) is 5.54 Å². The van der Waals surface area contributed by atoms with Crippen molar-refractivity contribution >= 4 is 8.07 Å². The molecule has 1 aromatic rings. The molecule has 1 aliphatic carbocycles. The van der Waals surface area contributed by atoms with Gasteiger partial charge in [0.15, 0.2) is 0 Å². The lowest BCUT2D eigenvalue weighted by atomic mass is 9.65. The SMILES string of the molecule is C[Si](C)(C)C#Cc1ccc(C23OCC(C4CCC4)(CO2)CO3)cc1. The zero-order valence-electron chi connectivity index (χ0n) is 14.9. The summed E-state index contributed by atoms with van der Waals surface area (Å²) in [5.74, 6) is 2.98. The summed E-state index contributed by atoms with van der Waals surface area (Å²) in [6, 6.07) is 8.12. The fourth-order valence-corrected chi connectivity index (χ4v) is 4.13. The Morgan fingerprint density at radius 3 is 2.00 bits per heavy atom. The number of benzene rings is 1. The van der Waals surface area contributed by atoms with Crippen molar-refractivity contribution in [3.8, 4) is 11.5 Å². The van der Waals surface area contributed by atoms with Gasteiger partial charge in [-0.25, -0.2) is 0 Å². The zero-order chi connectivity index (χ0) is 16.8. The molecule has 0 atom stereocenters. The first-order valence-electron chi connectivity index (χ1n) is 8.97. The van der Waals surface area contributed by atoms with E-state index >= 15 is 0 Å². The molecule has 3 nitrogen and oxygen atoms in total. The molecule has 0 aromatic heterocycles.